The van der Waals surface area contributed by atoms with E-state index < -0.39 is 5.97 Å². The molecule has 3 rings (SSSR count). The summed E-state index contributed by atoms with van der Waals surface area (Å²) in [5, 5.41) is 11.8. The molecule has 0 aromatic heterocycles. The third-order valence-electron chi connectivity index (χ3n) is 4.41. The van der Waals surface area contributed by atoms with Crippen LogP contribution in [0.4, 0.5) is 5.69 Å². The molecule has 0 saturated heterocycles. The summed E-state index contributed by atoms with van der Waals surface area (Å²) in [6.45, 7) is 0. The van der Waals surface area contributed by atoms with E-state index in [-0.39, 0.29) is 17.4 Å². The smallest absolute Gasteiger partial charge is 0.335 e. The van der Waals surface area contributed by atoms with Gasteiger partial charge < -0.3 is 15.2 Å². The van der Waals surface area contributed by atoms with Crippen LogP contribution >= 0.6 is 0 Å². The van der Waals surface area contributed by atoms with Gasteiger partial charge in [0.2, 0.25) is 5.91 Å². The Bertz CT molecular complexity index is 785. The van der Waals surface area contributed by atoms with Crippen LogP contribution in [0.15, 0.2) is 42.5 Å². The minimum absolute atomic E-state index is 0.0990. The number of nitrogens with one attached hydrogen (secondary N) is 1. The number of amides is 1. The van der Waals surface area contributed by atoms with Crippen molar-refractivity contribution in [2.75, 3.05) is 12.4 Å². The third-order valence-corrected chi connectivity index (χ3v) is 4.41. The fourth-order valence-electron chi connectivity index (χ4n) is 3.21. The monoisotopic (exact) mass is 325 g/mol. The van der Waals surface area contributed by atoms with Gasteiger partial charge >= 0.3 is 5.97 Å². The highest BCUT2D eigenvalue weighted by molar-refractivity contribution is 5.95. The van der Waals surface area contributed by atoms with E-state index >= 15 is 0 Å². The highest BCUT2D eigenvalue weighted by Gasteiger charge is 2.24. The Labute approximate surface area is 140 Å². The number of hydrogen-bond donors (Lipinski definition) is 2. The molecule has 0 heterocycles. The molecule has 5 heteroatoms. The summed E-state index contributed by atoms with van der Waals surface area (Å²) in [5.74, 6) is -0.563. The Morgan fingerprint density at radius 3 is 2.79 bits per heavy atom. The SMILES string of the molecule is COc1cc(C(=O)O)ccc1NC(=O)CC1CCc2ccccc21. The normalized spacial score (nSPS) is 15.6. The molecule has 124 valence electrons. The quantitative estimate of drug-likeness (QED) is 0.883. The van der Waals surface area contributed by atoms with Gasteiger partial charge in [0.15, 0.2) is 0 Å². The van der Waals surface area contributed by atoms with Crippen LogP contribution in [0.25, 0.3) is 0 Å². The van der Waals surface area contributed by atoms with Gasteiger partial charge in [0.25, 0.3) is 0 Å². The van der Waals surface area contributed by atoms with Crippen LogP contribution in [0.3, 0.4) is 0 Å². The molecule has 0 fully saturated rings. The van der Waals surface area contributed by atoms with Crippen LogP contribution in [0.5, 0.6) is 5.75 Å². The van der Waals surface area contributed by atoms with Crippen molar-refractivity contribution >= 4 is 17.6 Å². The summed E-state index contributed by atoms with van der Waals surface area (Å²) in [6.07, 6.45) is 2.38. The first-order valence-corrected chi connectivity index (χ1v) is 7.87. The van der Waals surface area contributed by atoms with Gasteiger partial charge in [-0.1, -0.05) is 24.3 Å². The third kappa shape index (κ3) is 3.25. The van der Waals surface area contributed by atoms with E-state index in [0.29, 0.717) is 17.9 Å². The molecule has 0 spiro atoms. The first-order valence-electron chi connectivity index (χ1n) is 7.87. The van der Waals surface area contributed by atoms with Gasteiger partial charge in [-0.3, -0.25) is 4.79 Å². The van der Waals surface area contributed by atoms with E-state index in [2.05, 4.69) is 17.4 Å². The van der Waals surface area contributed by atoms with E-state index in [0.717, 1.165) is 12.8 Å². The van der Waals surface area contributed by atoms with Gasteiger partial charge in [-0.2, -0.15) is 0 Å². The van der Waals surface area contributed by atoms with Crippen molar-refractivity contribution in [1.29, 1.82) is 0 Å². The highest BCUT2D eigenvalue weighted by atomic mass is 16.5. The number of benzene rings is 2. The maximum atomic E-state index is 12.4. The van der Waals surface area contributed by atoms with Crippen molar-refractivity contribution in [3.05, 3.63) is 59.2 Å². The summed E-state index contributed by atoms with van der Waals surface area (Å²) in [4.78, 5) is 23.4. The van der Waals surface area contributed by atoms with Gasteiger partial charge in [-0.05, 0) is 48.1 Å². The molecule has 0 aliphatic heterocycles. The zero-order valence-corrected chi connectivity index (χ0v) is 13.4. The molecule has 5 nitrogen and oxygen atoms in total. The number of aryl methyl sites for hydroxylation is 1. The Kier molecular flexibility index (Phi) is 4.51. The van der Waals surface area contributed by atoms with E-state index in [1.165, 1.54) is 30.4 Å². The maximum absolute atomic E-state index is 12.4. The summed E-state index contributed by atoms with van der Waals surface area (Å²) in [5.41, 5.74) is 3.17. The fourth-order valence-corrected chi connectivity index (χ4v) is 3.21. The summed E-state index contributed by atoms with van der Waals surface area (Å²) in [7, 11) is 1.45. The molecule has 1 atom stereocenters. The van der Waals surface area contributed by atoms with Gasteiger partial charge in [0, 0.05) is 6.42 Å². The molecule has 2 N–H and O–H groups in total. The van der Waals surface area contributed by atoms with Crippen molar-refractivity contribution in [3.63, 3.8) is 0 Å². The molecular weight excluding hydrogens is 306 g/mol. The van der Waals surface area contributed by atoms with Crippen molar-refractivity contribution in [2.45, 2.75) is 25.2 Å². The minimum Gasteiger partial charge on any atom is -0.495 e. The standard InChI is InChI=1S/C19H19NO4/c1-24-17-10-14(19(22)23)8-9-16(17)20-18(21)11-13-7-6-12-4-2-3-5-15(12)13/h2-5,8-10,13H,6-7,11H2,1H3,(H,20,21)(H,22,23). The molecule has 1 amide bonds. The topological polar surface area (TPSA) is 75.6 Å². The average molecular weight is 325 g/mol. The largest absolute Gasteiger partial charge is 0.495 e. The maximum Gasteiger partial charge on any atom is 0.335 e. The molecule has 1 aliphatic carbocycles. The number of ether oxygens (including phenoxy) is 1. The van der Waals surface area contributed by atoms with Crippen LogP contribution in [-0.2, 0) is 11.2 Å². The number of hydrogen-bond acceptors (Lipinski definition) is 3. The Morgan fingerprint density at radius 1 is 1.25 bits per heavy atom. The van der Waals surface area contributed by atoms with Crippen molar-refractivity contribution in [2.24, 2.45) is 0 Å². The second kappa shape index (κ2) is 6.74. The molecule has 0 bridgehead atoms. The summed E-state index contributed by atoms with van der Waals surface area (Å²) < 4.78 is 5.19. The Hall–Kier alpha value is -2.82. The van der Waals surface area contributed by atoms with Gasteiger partial charge in [0.1, 0.15) is 5.75 Å². The second-order valence-corrected chi connectivity index (χ2v) is 5.91. The molecule has 1 aliphatic rings. The van der Waals surface area contributed by atoms with E-state index in [4.69, 9.17) is 9.84 Å². The van der Waals surface area contributed by atoms with Crippen molar-refractivity contribution < 1.29 is 19.4 Å². The lowest BCUT2D eigenvalue weighted by Gasteiger charge is -2.14. The van der Waals surface area contributed by atoms with Crippen molar-refractivity contribution in [1.82, 2.24) is 0 Å². The van der Waals surface area contributed by atoms with Gasteiger partial charge in [-0.15, -0.1) is 0 Å². The van der Waals surface area contributed by atoms with E-state index in [1.54, 1.807) is 6.07 Å². The van der Waals surface area contributed by atoms with Crippen LogP contribution in [0.2, 0.25) is 0 Å². The average Bonchev–Trinajstić information content (AvgIpc) is 2.98. The molecule has 24 heavy (non-hydrogen) atoms. The van der Waals surface area contributed by atoms with Crippen LogP contribution in [-0.4, -0.2) is 24.1 Å². The molecule has 2 aromatic carbocycles. The molecular formula is C19H19NO4. The van der Waals surface area contributed by atoms with Crippen LogP contribution < -0.4 is 10.1 Å². The number of fused-ring (bicyclic) bond motifs is 1. The van der Waals surface area contributed by atoms with E-state index in [1.807, 2.05) is 12.1 Å². The fraction of sp³-hybridized carbons (Fsp3) is 0.263. The number of carbonyl (C=O) groups is 2. The number of carbonyl (C=O) groups excluding carboxylic acids is 1. The molecule has 2 aromatic rings. The predicted molar refractivity (Wildman–Crippen MR) is 90.7 cm³/mol. The number of methoxy groups -OCH3 is 1. The predicted octanol–water partition coefficient (Wildman–Crippen LogP) is 3.45. The Balaban J connectivity index is 1.71. The van der Waals surface area contributed by atoms with Gasteiger partial charge in [-0.25, -0.2) is 4.79 Å². The number of rotatable bonds is 5. The summed E-state index contributed by atoms with van der Waals surface area (Å²) >= 11 is 0. The zero-order chi connectivity index (χ0) is 17.1. The first kappa shape index (κ1) is 16.1. The van der Waals surface area contributed by atoms with Crippen LogP contribution in [0, 0.1) is 0 Å². The lowest BCUT2D eigenvalue weighted by molar-refractivity contribution is -0.116. The lowest BCUT2D eigenvalue weighted by Crippen LogP contribution is -2.15. The summed E-state index contributed by atoms with van der Waals surface area (Å²) in [6, 6.07) is 12.6. The number of carboxylic acids is 1. The molecule has 0 radical (unpaired) electrons. The first-order chi connectivity index (χ1) is 11.6. The van der Waals surface area contributed by atoms with E-state index in [9.17, 15) is 9.59 Å². The molecule has 1 unspecified atom stereocenters. The lowest BCUT2D eigenvalue weighted by atomic mass is 9.97. The Morgan fingerprint density at radius 2 is 2.04 bits per heavy atom. The van der Waals surface area contributed by atoms with Gasteiger partial charge in [0.05, 0.1) is 18.4 Å². The number of aromatic carboxylic acids is 1. The zero-order valence-electron chi connectivity index (χ0n) is 13.4. The van der Waals surface area contributed by atoms with Crippen molar-refractivity contribution in [3.8, 4) is 5.75 Å². The second-order valence-electron chi connectivity index (χ2n) is 5.91. The highest BCUT2D eigenvalue weighted by Crippen LogP contribution is 2.35. The van der Waals surface area contributed by atoms with Crippen LogP contribution in [0.1, 0.15) is 40.2 Å². The minimum atomic E-state index is -1.03. The number of anilines is 1. The number of carboxylic acid groups (broad SMARTS) is 1. The molecule has 0 saturated carbocycles.